The Morgan fingerprint density at radius 2 is 2.25 bits per heavy atom. The van der Waals surface area contributed by atoms with Crippen LogP contribution in [0.3, 0.4) is 0 Å². The highest BCUT2D eigenvalue weighted by Gasteiger charge is 2.51. The summed E-state index contributed by atoms with van der Waals surface area (Å²) in [4.78, 5) is 11.2. The number of hydrogen-bond donors (Lipinski definition) is 1. The van der Waals surface area contributed by atoms with Gasteiger partial charge in [-0.1, -0.05) is 13.8 Å². The van der Waals surface area contributed by atoms with Gasteiger partial charge in [-0.15, -0.1) is 0 Å². The number of hydrogen-bond acceptors (Lipinski definition) is 3. The van der Waals surface area contributed by atoms with E-state index in [0.29, 0.717) is 0 Å². The summed E-state index contributed by atoms with van der Waals surface area (Å²) >= 11 is 0. The van der Waals surface area contributed by atoms with Crippen LogP contribution in [-0.2, 0) is 9.53 Å². The van der Waals surface area contributed by atoms with E-state index in [1.165, 1.54) is 7.11 Å². The molecule has 12 heavy (non-hydrogen) atoms. The zero-order valence-electron chi connectivity index (χ0n) is 7.83. The molecule has 0 spiro atoms. The average molecular weight is 172 g/mol. The van der Waals surface area contributed by atoms with Crippen molar-refractivity contribution >= 4 is 5.97 Å². The number of carbonyl (C=O) groups is 1. The van der Waals surface area contributed by atoms with Crippen molar-refractivity contribution in [3.63, 3.8) is 0 Å². The van der Waals surface area contributed by atoms with E-state index in [2.05, 4.69) is 4.74 Å². The molecule has 1 fully saturated rings. The maximum Gasteiger partial charge on any atom is 0.309 e. The summed E-state index contributed by atoms with van der Waals surface area (Å²) in [7, 11) is 1.41. The predicted octanol–water partition coefficient (Wildman–Crippen LogP) is 0.814. The summed E-state index contributed by atoms with van der Waals surface area (Å²) in [6.07, 6.45) is 0.760. The van der Waals surface area contributed by atoms with E-state index in [-0.39, 0.29) is 29.8 Å². The fourth-order valence-electron chi connectivity index (χ4n) is 1.87. The lowest BCUT2D eigenvalue weighted by Gasteiger charge is -2.49. The van der Waals surface area contributed by atoms with Gasteiger partial charge in [0.2, 0.25) is 0 Å². The molecule has 1 saturated carbocycles. The van der Waals surface area contributed by atoms with E-state index in [4.69, 9.17) is 5.11 Å². The Hall–Kier alpha value is -0.570. The van der Waals surface area contributed by atoms with Crippen LogP contribution < -0.4 is 0 Å². The molecule has 0 aromatic heterocycles. The predicted molar refractivity (Wildman–Crippen MR) is 44.5 cm³/mol. The quantitative estimate of drug-likeness (QED) is 0.627. The highest BCUT2D eigenvalue weighted by atomic mass is 16.5. The van der Waals surface area contributed by atoms with Crippen LogP contribution in [0.2, 0.25) is 0 Å². The molecule has 0 aliphatic heterocycles. The lowest BCUT2D eigenvalue weighted by Crippen LogP contribution is -2.50. The molecule has 70 valence electrons. The molecule has 3 nitrogen and oxygen atoms in total. The maximum atomic E-state index is 11.2. The van der Waals surface area contributed by atoms with Gasteiger partial charge in [-0.3, -0.25) is 4.79 Å². The minimum Gasteiger partial charge on any atom is -0.469 e. The molecule has 1 aliphatic rings. The van der Waals surface area contributed by atoms with Crippen LogP contribution in [-0.4, -0.2) is 24.8 Å². The zero-order chi connectivity index (χ0) is 9.35. The molecule has 0 heterocycles. The lowest BCUT2D eigenvalue weighted by molar-refractivity contribution is -0.164. The Balaban J connectivity index is 2.58. The maximum absolute atomic E-state index is 11.2. The number of esters is 1. The zero-order valence-corrected chi connectivity index (χ0v) is 7.83. The van der Waals surface area contributed by atoms with Crippen LogP contribution in [0, 0.1) is 17.3 Å². The van der Waals surface area contributed by atoms with Gasteiger partial charge in [0.25, 0.3) is 0 Å². The topological polar surface area (TPSA) is 46.5 Å². The summed E-state index contributed by atoms with van der Waals surface area (Å²) in [6, 6.07) is 0. The Kier molecular flexibility index (Phi) is 2.42. The van der Waals surface area contributed by atoms with Crippen LogP contribution in [0.1, 0.15) is 20.3 Å². The van der Waals surface area contributed by atoms with Crippen LogP contribution in [0.5, 0.6) is 0 Å². The molecule has 0 aromatic rings. The summed E-state index contributed by atoms with van der Waals surface area (Å²) in [5, 5.41) is 8.94. The van der Waals surface area contributed by atoms with Crippen LogP contribution in [0.25, 0.3) is 0 Å². The number of aliphatic hydroxyl groups is 1. The number of methoxy groups -OCH3 is 1. The van der Waals surface area contributed by atoms with Gasteiger partial charge in [-0.2, -0.15) is 0 Å². The Labute approximate surface area is 72.7 Å². The van der Waals surface area contributed by atoms with E-state index in [0.717, 1.165) is 6.42 Å². The second-order valence-electron chi connectivity index (χ2n) is 4.01. The molecule has 0 saturated heterocycles. The summed E-state index contributed by atoms with van der Waals surface area (Å²) < 4.78 is 4.66. The van der Waals surface area contributed by atoms with Crippen LogP contribution >= 0.6 is 0 Å². The number of carbonyl (C=O) groups excluding carboxylic acids is 1. The van der Waals surface area contributed by atoms with E-state index in [1.54, 1.807) is 0 Å². The molecule has 1 aliphatic carbocycles. The lowest BCUT2D eigenvalue weighted by atomic mass is 9.55. The third-order valence-corrected chi connectivity index (χ3v) is 3.18. The third-order valence-electron chi connectivity index (χ3n) is 3.18. The summed E-state index contributed by atoms with van der Waals surface area (Å²) in [5.41, 5.74) is -0.0954. The van der Waals surface area contributed by atoms with Crippen LogP contribution in [0.4, 0.5) is 0 Å². The number of ether oxygens (including phenoxy) is 1. The Bertz CT molecular complexity index is 186. The van der Waals surface area contributed by atoms with Crippen molar-refractivity contribution in [2.24, 2.45) is 17.3 Å². The summed E-state index contributed by atoms with van der Waals surface area (Å²) in [5.74, 6) is 0.0750. The third kappa shape index (κ3) is 1.22. The van der Waals surface area contributed by atoms with Crippen molar-refractivity contribution in [2.45, 2.75) is 20.3 Å². The Morgan fingerprint density at radius 1 is 1.67 bits per heavy atom. The normalized spacial score (nSPS) is 32.3. The Morgan fingerprint density at radius 3 is 2.58 bits per heavy atom. The summed E-state index contributed by atoms with van der Waals surface area (Å²) in [6.45, 7) is 4.17. The minimum atomic E-state index is -0.148. The fraction of sp³-hybridized carbons (Fsp3) is 0.889. The monoisotopic (exact) mass is 172 g/mol. The van der Waals surface area contributed by atoms with Gasteiger partial charge in [0.1, 0.15) is 0 Å². The van der Waals surface area contributed by atoms with Gasteiger partial charge < -0.3 is 9.84 Å². The number of aliphatic hydroxyl groups excluding tert-OH is 1. The van der Waals surface area contributed by atoms with E-state index >= 15 is 0 Å². The van der Waals surface area contributed by atoms with Crippen molar-refractivity contribution in [2.75, 3.05) is 13.7 Å². The smallest absolute Gasteiger partial charge is 0.309 e. The molecule has 3 heteroatoms. The molecule has 0 amide bonds. The molecular weight excluding hydrogens is 156 g/mol. The average Bonchev–Trinajstić information content (AvgIpc) is 2.03. The van der Waals surface area contributed by atoms with Crippen molar-refractivity contribution in [1.82, 2.24) is 0 Å². The van der Waals surface area contributed by atoms with Crippen molar-refractivity contribution in [3.05, 3.63) is 0 Å². The fourth-order valence-corrected chi connectivity index (χ4v) is 1.87. The highest BCUT2D eigenvalue weighted by Crippen LogP contribution is 2.51. The molecule has 2 atom stereocenters. The first-order valence-corrected chi connectivity index (χ1v) is 4.22. The van der Waals surface area contributed by atoms with Crippen molar-refractivity contribution in [1.29, 1.82) is 0 Å². The minimum absolute atomic E-state index is 0.0281. The van der Waals surface area contributed by atoms with Gasteiger partial charge in [0.05, 0.1) is 13.0 Å². The van der Waals surface area contributed by atoms with Crippen molar-refractivity contribution in [3.8, 4) is 0 Å². The highest BCUT2D eigenvalue weighted by molar-refractivity contribution is 5.74. The number of rotatable bonds is 2. The largest absolute Gasteiger partial charge is 0.469 e. The first-order chi connectivity index (χ1) is 5.54. The van der Waals surface area contributed by atoms with E-state index in [1.807, 2.05) is 13.8 Å². The molecule has 0 aromatic carbocycles. The van der Waals surface area contributed by atoms with Gasteiger partial charge in [-0.25, -0.2) is 0 Å². The van der Waals surface area contributed by atoms with Gasteiger partial charge in [-0.05, 0) is 17.8 Å². The van der Waals surface area contributed by atoms with Crippen molar-refractivity contribution < 1.29 is 14.6 Å². The van der Waals surface area contributed by atoms with E-state index < -0.39 is 0 Å². The van der Waals surface area contributed by atoms with Gasteiger partial charge in [0.15, 0.2) is 0 Å². The van der Waals surface area contributed by atoms with E-state index in [9.17, 15) is 4.79 Å². The molecule has 0 unspecified atom stereocenters. The van der Waals surface area contributed by atoms with Gasteiger partial charge >= 0.3 is 5.97 Å². The first-order valence-electron chi connectivity index (χ1n) is 4.22. The molecule has 1 rings (SSSR count). The second kappa shape index (κ2) is 3.05. The second-order valence-corrected chi connectivity index (χ2v) is 4.01. The SMILES string of the molecule is COC(=O)[C@@H]1C[C@H](CO)C1(C)C. The molecule has 0 bridgehead atoms. The van der Waals surface area contributed by atoms with Crippen LogP contribution in [0.15, 0.2) is 0 Å². The van der Waals surface area contributed by atoms with Gasteiger partial charge in [0, 0.05) is 6.61 Å². The molecule has 0 radical (unpaired) electrons. The molecule has 1 N–H and O–H groups in total. The standard InChI is InChI=1S/C9H16O3/c1-9(2)6(5-10)4-7(9)8(11)12-3/h6-7,10H,4-5H2,1-3H3/t6-,7+/m1/s1. The molecular formula is C9H16O3. The first kappa shape index (κ1) is 9.52.